The van der Waals surface area contributed by atoms with Crippen LogP contribution in [0.25, 0.3) is 100 Å². The number of para-hydroxylation sites is 4. The standard InChI is InChI=1S/C75H75N3O2.2CH3.Zr/c1-46-36-58(48-40-50(72(3,4)5)44-51(41-48)73(6,7)8)70(79)60(38-46)68-66(56-30-21-23-34-64(56)77(68)54-26-17-15-18-27-54)62-32-25-33-63(76-62)67-57-31-22-24-35-65(57)78(55-28-19-16-20-29-55)69(67)61-39-47(2)37-59(71(61)80)49-42-52(74(9,10)11)45-53(43-49)75(12,13)14;;;/h15-45,79-80H,1-14H3;2*1H3;/q;2*-1;+2. The third-order valence-electron chi connectivity index (χ3n) is 16.0. The molecule has 6 heteroatoms. The predicted molar refractivity (Wildman–Crippen MR) is 351 cm³/mol. The van der Waals surface area contributed by atoms with Gasteiger partial charge in [0.25, 0.3) is 0 Å². The summed E-state index contributed by atoms with van der Waals surface area (Å²) >= 11 is 0. The van der Waals surface area contributed by atoms with Gasteiger partial charge in [-0.3, -0.25) is 0 Å². The Bertz CT molecular complexity index is 3860. The molecule has 0 saturated heterocycles. The molecule has 0 bridgehead atoms. The van der Waals surface area contributed by atoms with Crippen LogP contribution in [0.1, 0.15) is 116 Å². The van der Waals surface area contributed by atoms with Crippen LogP contribution in [0.5, 0.6) is 11.5 Å². The third-order valence-corrected chi connectivity index (χ3v) is 16.0. The van der Waals surface area contributed by atoms with Gasteiger partial charge < -0.3 is 34.2 Å². The van der Waals surface area contributed by atoms with E-state index in [4.69, 9.17) is 4.98 Å². The van der Waals surface area contributed by atoms with Crippen LogP contribution in [0.15, 0.2) is 188 Å². The predicted octanol–water partition coefficient (Wildman–Crippen LogP) is 21.1. The van der Waals surface area contributed by atoms with Gasteiger partial charge in [-0.15, -0.1) is 0 Å². The smallest absolute Gasteiger partial charge is 0.507 e. The Morgan fingerprint density at radius 1 is 0.349 bits per heavy atom. The van der Waals surface area contributed by atoms with E-state index in [1.165, 1.54) is 22.3 Å². The fourth-order valence-electron chi connectivity index (χ4n) is 11.6. The summed E-state index contributed by atoms with van der Waals surface area (Å²) in [5, 5.41) is 28.4. The number of aromatic hydroxyl groups is 2. The number of rotatable bonds is 8. The van der Waals surface area contributed by atoms with Gasteiger partial charge in [0, 0.05) is 55.5 Å². The van der Waals surface area contributed by atoms with Crippen molar-refractivity contribution >= 4 is 21.8 Å². The van der Waals surface area contributed by atoms with E-state index in [-0.39, 0.29) is 74.2 Å². The van der Waals surface area contributed by atoms with Gasteiger partial charge in [-0.05, 0) is 153 Å². The van der Waals surface area contributed by atoms with Crippen LogP contribution >= 0.6 is 0 Å². The van der Waals surface area contributed by atoms with Gasteiger partial charge in [-0.25, -0.2) is 4.98 Å². The SMILES string of the molecule is Cc1cc(-c2cc(C(C)(C)C)cc(C(C)(C)C)c2)c(O)c(-c2c(-c3cccc(-c4c(-c5cc(C)cc(-c6cc(C(C)(C)C)cc(C(C)(C)C)c6)c5O)n(-c5ccccc5)c5ccccc45)n3)c3ccccc3n2-c2ccccc2)c1.[CH3-].[CH3-].[Zr+2]. The van der Waals surface area contributed by atoms with Crippen molar-refractivity contribution in [3.8, 4) is 90.2 Å². The number of nitrogens with zero attached hydrogens (tertiary/aromatic N) is 3. The molecule has 11 aromatic rings. The van der Waals surface area contributed by atoms with Crippen molar-refractivity contribution in [2.24, 2.45) is 0 Å². The summed E-state index contributed by atoms with van der Waals surface area (Å²) in [4.78, 5) is 5.83. The number of hydrogen-bond acceptors (Lipinski definition) is 3. The number of pyridine rings is 1. The Morgan fingerprint density at radius 2 is 0.651 bits per heavy atom. The number of fused-ring (bicyclic) bond motifs is 2. The zero-order valence-electron chi connectivity index (χ0n) is 51.6. The molecule has 0 saturated carbocycles. The molecule has 0 amide bonds. The average molecular weight is 1170 g/mol. The topological polar surface area (TPSA) is 63.2 Å². The molecular formula is C77H81N3O2Zr. The second-order valence-electron chi connectivity index (χ2n) is 26.2. The summed E-state index contributed by atoms with van der Waals surface area (Å²) in [5.74, 6) is 0.418. The van der Waals surface area contributed by atoms with E-state index >= 15 is 0 Å². The van der Waals surface area contributed by atoms with Gasteiger partial charge >= 0.3 is 26.2 Å². The van der Waals surface area contributed by atoms with Crippen LogP contribution < -0.4 is 0 Å². The number of phenols is 2. The fraction of sp³-hybridized carbons (Fsp3) is 0.234. The third kappa shape index (κ3) is 11.5. The maximum absolute atomic E-state index is 13.2. The van der Waals surface area contributed by atoms with Crippen LogP contribution in [0.2, 0.25) is 0 Å². The Labute approximate surface area is 513 Å². The number of aryl methyl sites for hydroxylation is 2. The molecule has 11 rings (SSSR count). The molecule has 0 aliphatic carbocycles. The number of benzene rings is 8. The molecule has 420 valence electrons. The quantitative estimate of drug-likeness (QED) is 0.149. The van der Waals surface area contributed by atoms with Gasteiger partial charge in [-0.2, -0.15) is 0 Å². The number of phenolic OH excluding ortho intramolecular Hbond substituents is 2. The maximum atomic E-state index is 13.2. The molecule has 5 nitrogen and oxygen atoms in total. The summed E-state index contributed by atoms with van der Waals surface area (Å²) in [6, 6.07) is 66.5. The van der Waals surface area contributed by atoms with E-state index in [1.807, 2.05) is 12.1 Å². The van der Waals surface area contributed by atoms with Crippen molar-refractivity contribution in [3.05, 3.63) is 236 Å². The molecule has 8 aromatic carbocycles. The Balaban J connectivity index is 0.00000300. The molecule has 0 aliphatic rings. The molecular weight excluding hydrogens is 1090 g/mol. The van der Waals surface area contributed by atoms with Crippen molar-refractivity contribution in [2.45, 2.75) is 119 Å². The fourth-order valence-corrected chi connectivity index (χ4v) is 11.6. The van der Waals surface area contributed by atoms with E-state index in [2.05, 4.69) is 282 Å². The van der Waals surface area contributed by atoms with Crippen molar-refractivity contribution in [1.82, 2.24) is 14.1 Å². The largest absolute Gasteiger partial charge is 2.00 e. The monoisotopic (exact) mass is 1170 g/mol. The second kappa shape index (κ2) is 22.9. The average Bonchev–Trinajstić information content (AvgIpc) is 3.72. The zero-order chi connectivity index (χ0) is 56.8. The van der Waals surface area contributed by atoms with Crippen molar-refractivity contribution in [3.63, 3.8) is 0 Å². The summed E-state index contributed by atoms with van der Waals surface area (Å²) < 4.78 is 4.59. The molecule has 0 aliphatic heterocycles. The van der Waals surface area contributed by atoms with Gasteiger partial charge in [-0.1, -0.05) is 198 Å². The summed E-state index contributed by atoms with van der Waals surface area (Å²) in [6.07, 6.45) is 0. The van der Waals surface area contributed by atoms with Crippen LogP contribution in [-0.2, 0) is 47.9 Å². The summed E-state index contributed by atoms with van der Waals surface area (Å²) in [7, 11) is 0. The minimum atomic E-state index is -0.121. The minimum Gasteiger partial charge on any atom is -0.507 e. The molecule has 3 aromatic heterocycles. The normalized spacial score (nSPS) is 12.0. The second-order valence-corrected chi connectivity index (χ2v) is 26.2. The molecule has 0 spiro atoms. The summed E-state index contributed by atoms with van der Waals surface area (Å²) in [5.41, 5.74) is 20.3. The Morgan fingerprint density at radius 3 is 0.976 bits per heavy atom. The molecule has 0 fully saturated rings. The van der Waals surface area contributed by atoms with Gasteiger partial charge in [0.2, 0.25) is 0 Å². The molecule has 3 heterocycles. The van der Waals surface area contributed by atoms with Crippen molar-refractivity contribution in [2.75, 3.05) is 0 Å². The van der Waals surface area contributed by atoms with E-state index in [0.717, 1.165) is 100 Å². The van der Waals surface area contributed by atoms with Gasteiger partial charge in [0.15, 0.2) is 0 Å². The van der Waals surface area contributed by atoms with Crippen LogP contribution in [0.3, 0.4) is 0 Å². The van der Waals surface area contributed by atoms with Gasteiger partial charge in [0.1, 0.15) is 11.5 Å². The first-order valence-corrected chi connectivity index (χ1v) is 28.2. The molecule has 0 atom stereocenters. The van der Waals surface area contributed by atoms with E-state index < -0.39 is 0 Å². The Kier molecular flexibility index (Phi) is 17.0. The first-order valence-electron chi connectivity index (χ1n) is 28.2. The van der Waals surface area contributed by atoms with Gasteiger partial charge in [0.05, 0.1) is 33.8 Å². The minimum absolute atomic E-state index is 0. The first kappa shape index (κ1) is 61.5. The Hall–Kier alpha value is -7.53. The number of hydrogen-bond donors (Lipinski definition) is 2. The van der Waals surface area contributed by atoms with Crippen molar-refractivity contribution in [1.29, 1.82) is 0 Å². The van der Waals surface area contributed by atoms with E-state index in [1.54, 1.807) is 0 Å². The summed E-state index contributed by atoms with van der Waals surface area (Å²) in [6.45, 7) is 31.3. The first-order chi connectivity index (χ1) is 37.9. The van der Waals surface area contributed by atoms with Crippen LogP contribution in [-0.4, -0.2) is 24.3 Å². The molecule has 0 unspecified atom stereocenters. The maximum Gasteiger partial charge on any atom is 2.00 e. The molecule has 0 radical (unpaired) electrons. The van der Waals surface area contributed by atoms with Crippen LogP contribution in [0, 0.1) is 28.7 Å². The molecule has 83 heavy (non-hydrogen) atoms. The van der Waals surface area contributed by atoms with Crippen LogP contribution in [0.4, 0.5) is 0 Å². The zero-order valence-corrected chi connectivity index (χ0v) is 54.1. The van der Waals surface area contributed by atoms with Crippen molar-refractivity contribution < 1.29 is 36.4 Å². The van der Waals surface area contributed by atoms with E-state index in [9.17, 15) is 10.2 Å². The van der Waals surface area contributed by atoms with E-state index in [0.29, 0.717) is 11.1 Å². The number of aromatic nitrogens is 3. The molecule has 2 N–H and O–H groups in total.